The van der Waals surface area contributed by atoms with Crippen LogP contribution in [-0.4, -0.2) is 27.7 Å². The lowest BCUT2D eigenvalue weighted by atomic mass is 9.86. The maximum atomic E-state index is 13.4. The predicted octanol–water partition coefficient (Wildman–Crippen LogP) is 2.23. The van der Waals surface area contributed by atoms with E-state index in [4.69, 9.17) is 16.7 Å². The van der Waals surface area contributed by atoms with Gasteiger partial charge in [-0.15, -0.1) is 0 Å². The molecular weight excluding hydrogens is 245 g/mol. The summed E-state index contributed by atoms with van der Waals surface area (Å²) >= 11 is 5.62. The summed E-state index contributed by atoms with van der Waals surface area (Å²) in [5, 5.41) is 12.2. The highest BCUT2D eigenvalue weighted by Gasteiger charge is 2.22. The van der Waals surface area contributed by atoms with E-state index in [2.05, 4.69) is 15.3 Å². The number of hydrogen-bond donors (Lipinski definition) is 2. The third kappa shape index (κ3) is 3.26. The van der Waals surface area contributed by atoms with E-state index in [-0.39, 0.29) is 23.8 Å². The topological polar surface area (TPSA) is 58.0 Å². The Morgan fingerprint density at radius 1 is 1.53 bits per heavy atom. The number of aromatic nitrogens is 2. The van der Waals surface area contributed by atoms with E-state index in [9.17, 15) is 4.39 Å². The fourth-order valence-corrected chi connectivity index (χ4v) is 2.36. The fraction of sp³-hybridized carbons (Fsp3) is 0.636. The Bertz CT molecular complexity index is 391. The highest BCUT2D eigenvalue weighted by Crippen LogP contribution is 2.26. The molecule has 1 aliphatic rings. The van der Waals surface area contributed by atoms with Crippen LogP contribution in [0.25, 0.3) is 0 Å². The van der Waals surface area contributed by atoms with Gasteiger partial charge in [0.25, 0.3) is 0 Å². The van der Waals surface area contributed by atoms with Crippen LogP contribution in [-0.2, 0) is 0 Å². The smallest absolute Gasteiger partial charge is 0.224 e. The van der Waals surface area contributed by atoms with Crippen LogP contribution < -0.4 is 5.32 Å². The molecule has 0 bridgehead atoms. The van der Waals surface area contributed by atoms with Gasteiger partial charge in [0.1, 0.15) is 0 Å². The van der Waals surface area contributed by atoms with Gasteiger partial charge in [-0.3, -0.25) is 0 Å². The number of aliphatic hydroxyl groups is 1. The average Bonchev–Trinajstić information content (AvgIpc) is 2.34. The summed E-state index contributed by atoms with van der Waals surface area (Å²) in [7, 11) is 0. The minimum absolute atomic E-state index is 0.0309. The number of nitrogens with zero attached hydrogens (tertiary/aromatic N) is 2. The summed E-state index contributed by atoms with van der Waals surface area (Å²) in [6.45, 7) is 0.186. The highest BCUT2D eigenvalue weighted by atomic mass is 35.5. The van der Waals surface area contributed by atoms with E-state index in [1.165, 1.54) is 0 Å². The highest BCUT2D eigenvalue weighted by molar-refractivity contribution is 6.28. The standard InChI is InChI=1S/C11H15ClFN3O/c12-11-14-5-9(13)10(16-11)15-8-3-1-2-7(4-8)6-17/h5,7-8,17H,1-4,6H2,(H,14,15,16). The lowest BCUT2D eigenvalue weighted by molar-refractivity contribution is 0.184. The first-order chi connectivity index (χ1) is 8.19. The number of anilines is 1. The quantitative estimate of drug-likeness (QED) is 0.818. The molecular formula is C11H15ClFN3O. The van der Waals surface area contributed by atoms with Crippen LogP contribution in [0.4, 0.5) is 10.2 Å². The second-order valence-corrected chi connectivity index (χ2v) is 4.73. The van der Waals surface area contributed by atoms with Crippen molar-refractivity contribution in [1.82, 2.24) is 9.97 Å². The molecule has 2 N–H and O–H groups in total. The molecule has 1 aliphatic carbocycles. The lowest BCUT2D eigenvalue weighted by Gasteiger charge is -2.28. The number of halogens is 2. The van der Waals surface area contributed by atoms with Gasteiger partial charge in [-0.25, -0.2) is 9.37 Å². The maximum absolute atomic E-state index is 13.4. The fourth-order valence-electron chi connectivity index (χ4n) is 2.23. The van der Waals surface area contributed by atoms with Gasteiger partial charge in [-0.2, -0.15) is 4.98 Å². The van der Waals surface area contributed by atoms with Gasteiger partial charge in [0.05, 0.1) is 6.20 Å². The van der Waals surface area contributed by atoms with Crippen molar-refractivity contribution in [2.45, 2.75) is 31.7 Å². The molecule has 1 heterocycles. The predicted molar refractivity (Wildman–Crippen MR) is 63.5 cm³/mol. The van der Waals surface area contributed by atoms with E-state index < -0.39 is 5.82 Å². The molecule has 6 heteroatoms. The molecule has 0 radical (unpaired) electrons. The zero-order chi connectivity index (χ0) is 12.3. The summed E-state index contributed by atoms with van der Waals surface area (Å²) in [6.07, 6.45) is 4.91. The Morgan fingerprint density at radius 2 is 2.35 bits per heavy atom. The van der Waals surface area contributed by atoms with Crippen molar-refractivity contribution in [3.05, 3.63) is 17.3 Å². The maximum Gasteiger partial charge on any atom is 0.224 e. The van der Waals surface area contributed by atoms with E-state index in [0.717, 1.165) is 31.9 Å². The molecule has 0 saturated heterocycles. The monoisotopic (exact) mass is 259 g/mol. The van der Waals surface area contributed by atoms with E-state index >= 15 is 0 Å². The van der Waals surface area contributed by atoms with E-state index in [1.54, 1.807) is 0 Å². The van der Waals surface area contributed by atoms with Crippen molar-refractivity contribution < 1.29 is 9.50 Å². The van der Waals surface area contributed by atoms with Crippen LogP contribution in [0.1, 0.15) is 25.7 Å². The van der Waals surface area contributed by atoms with Gasteiger partial charge in [-0.1, -0.05) is 6.42 Å². The number of nitrogens with one attached hydrogen (secondary N) is 1. The van der Waals surface area contributed by atoms with Crippen molar-refractivity contribution in [3.63, 3.8) is 0 Å². The van der Waals surface area contributed by atoms with Crippen molar-refractivity contribution in [3.8, 4) is 0 Å². The SMILES string of the molecule is OCC1CCCC(Nc2nc(Cl)ncc2F)C1. The first-order valence-corrected chi connectivity index (χ1v) is 6.12. The zero-order valence-electron chi connectivity index (χ0n) is 9.37. The molecule has 0 amide bonds. The third-order valence-corrected chi connectivity index (χ3v) is 3.28. The second kappa shape index (κ2) is 5.60. The van der Waals surface area contributed by atoms with Crippen LogP contribution in [0.5, 0.6) is 0 Å². The normalized spacial score (nSPS) is 24.6. The Balaban J connectivity index is 2.02. The van der Waals surface area contributed by atoms with Crippen LogP contribution in [0, 0.1) is 11.7 Å². The van der Waals surface area contributed by atoms with Crippen molar-refractivity contribution >= 4 is 17.4 Å². The largest absolute Gasteiger partial charge is 0.396 e. The van der Waals surface area contributed by atoms with Gasteiger partial charge in [0.15, 0.2) is 11.6 Å². The van der Waals surface area contributed by atoms with E-state index in [0.29, 0.717) is 5.92 Å². The molecule has 2 atom stereocenters. The minimum atomic E-state index is -0.500. The molecule has 1 aromatic rings. The Hall–Kier alpha value is -0.940. The molecule has 0 aliphatic heterocycles. The molecule has 94 valence electrons. The molecule has 1 saturated carbocycles. The van der Waals surface area contributed by atoms with Crippen molar-refractivity contribution in [1.29, 1.82) is 0 Å². The summed E-state index contributed by atoms with van der Waals surface area (Å²) in [4.78, 5) is 7.39. The molecule has 17 heavy (non-hydrogen) atoms. The first kappa shape index (κ1) is 12.5. The number of aliphatic hydroxyl groups excluding tert-OH is 1. The molecule has 0 aromatic carbocycles. The number of rotatable bonds is 3. The second-order valence-electron chi connectivity index (χ2n) is 4.39. The van der Waals surface area contributed by atoms with Gasteiger partial charge in [-0.05, 0) is 36.8 Å². The lowest BCUT2D eigenvalue weighted by Crippen LogP contribution is -2.29. The summed E-state index contributed by atoms with van der Waals surface area (Å²) in [5.74, 6) is -0.0595. The van der Waals surface area contributed by atoms with Crippen LogP contribution in [0.2, 0.25) is 5.28 Å². The van der Waals surface area contributed by atoms with Crippen molar-refractivity contribution in [2.24, 2.45) is 5.92 Å². The Labute approximate surface area is 104 Å². The Morgan fingerprint density at radius 3 is 3.12 bits per heavy atom. The minimum Gasteiger partial charge on any atom is -0.396 e. The third-order valence-electron chi connectivity index (χ3n) is 3.10. The summed E-state index contributed by atoms with van der Waals surface area (Å²) < 4.78 is 13.4. The molecule has 4 nitrogen and oxygen atoms in total. The summed E-state index contributed by atoms with van der Waals surface area (Å²) in [6, 6.07) is 0.140. The van der Waals surface area contributed by atoms with Gasteiger partial charge in [0.2, 0.25) is 5.28 Å². The molecule has 2 unspecified atom stereocenters. The van der Waals surface area contributed by atoms with Gasteiger partial charge >= 0.3 is 0 Å². The first-order valence-electron chi connectivity index (χ1n) is 5.74. The van der Waals surface area contributed by atoms with Crippen LogP contribution in [0.3, 0.4) is 0 Å². The van der Waals surface area contributed by atoms with Gasteiger partial charge < -0.3 is 10.4 Å². The molecule has 1 aromatic heterocycles. The Kier molecular flexibility index (Phi) is 4.12. The van der Waals surface area contributed by atoms with Crippen molar-refractivity contribution in [2.75, 3.05) is 11.9 Å². The van der Waals surface area contributed by atoms with E-state index in [1.807, 2.05) is 0 Å². The average molecular weight is 260 g/mol. The molecule has 0 spiro atoms. The molecule has 2 rings (SSSR count). The number of hydrogen-bond acceptors (Lipinski definition) is 4. The van der Waals surface area contributed by atoms with Crippen LogP contribution in [0.15, 0.2) is 6.20 Å². The molecule has 1 fully saturated rings. The van der Waals surface area contributed by atoms with Gasteiger partial charge in [0, 0.05) is 12.6 Å². The van der Waals surface area contributed by atoms with Crippen LogP contribution >= 0.6 is 11.6 Å². The zero-order valence-corrected chi connectivity index (χ0v) is 10.1. The summed E-state index contributed by atoms with van der Waals surface area (Å²) in [5.41, 5.74) is 0.